The van der Waals surface area contributed by atoms with E-state index in [0.29, 0.717) is 17.3 Å². The van der Waals surface area contributed by atoms with E-state index in [4.69, 9.17) is 4.42 Å². The summed E-state index contributed by atoms with van der Waals surface area (Å²) in [5.74, 6) is 0.736. The molecule has 0 saturated heterocycles. The van der Waals surface area contributed by atoms with E-state index in [2.05, 4.69) is 20.5 Å². The predicted octanol–water partition coefficient (Wildman–Crippen LogP) is 4.51. The smallest absolute Gasteiger partial charge is 0.210 e. The molecule has 2 aromatic carbocycles. The number of benzene rings is 2. The molecule has 5 aromatic rings. The zero-order valence-electron chi connectivity index (χ0n) is 15.8. The lowest BCUT2D eigenvalue weighted by atomic mass is 10.0. The molecule has 7 nitrogen and oxygen atoms in total. The topological polar surface area (TPSA) is 89.6 Å². The van der Waals surface area contributed by atoms with Crippen LogP contribution in [-0.2, 0) is 6.54 Å². The second-order valence-electron chi connectivity index (χ2n) is 6.72. The Bertz CT molecular complexity index is 1280. The largest absolute Gasteiger partial charge is 0.467 e. The van der Waals surface area contributed by atoms with Crippen LogP contribution < -0.4 is 0 Å². The van der Waals surface area contributed by atoms with Gasteiger partial charge in [-0.15, -0.1) is 5.10 Å². The number of fused-ring (bicyclic) bond motifs is 1. The van der Waals surface area contributed by atoms with Crippen LogP contribution in [0.2, 0.25) is 0 Å². The molecule has 3 aromatic heterocycles. The van der Waals surface area contributed by atoms with Gasteiger partial charge in [0.15, 0.2) is 5.78 Å². The quantitative estimate of drug-likeness (QED) is 0.311. The number of aromatic amines is 1. The van der Waals surface area contributed by atoms with Gasteiger partial charge in [0.2, 0.25) is 5.16 Å². The number of Topliss-reactive ketones (excluding diaryl/α,β-unsaturated/α-hetero) is 1. The van der Waals surface area contributed by atoms with Crippen molar-refractivity contribution in [3.05, 3.63) is 96.1 Å². The number of aromatic nitrogens is 5. The molecule has 30 heavy (non-hydrogen) atoms. The van der Waals surface area contributed by atoms with E-state index in [9.17, 15) is 4.79 Å². The lowest BCUT2D eigenvalue weighted by molar-refractivity contribution is 0.0991. The standard InChI is InChI=1S/C22H17N5O2S/c28-20(18-13-23-19-11-5-4-10-17(18)19)21(15-7-2-1-3-8-15)30-22-24-25-26-27(22)14-16-9-6-12-29-16/h1-13,21,23H,14H2/t21-/m0/s1. The normalized spacial score (nSPS) is 12.3. The summed E-state index contributed by atoms with van der Waals surface area (Å²) in [6.07, 6.45) is 3.38. The Kier molecular flexibility index (Phi) is 4.90. The molecule has 0 radical (unpaired) electrons. The minimum absolute atomic E-state index is 0.00352. The first kappa shape index (κ1) is 18.4. The van der Waals surface area contributed by atoms with Crippen molar-refractivity contribution < 1.29 is 9.21 Å². The molecule has 0 fully saturated rings. The van der Waals surface area contributed by atoms with Crippen molar-refractivity contribution in [1.82, 2.24) is 25.2 Å². The van der Waals surface area contributed by atoms with Gasteiger partial charge >= 0.3 is 0 Å². The van der Waals surface area contributed by atoms with Gasteiger partial charge in [0.25, 0.3) is 0 Å². The summed E-state index contributed by atoms with van der Waals surface area (Å²) < 4.78 is 7.05. The summed E-state index contributed by atoms with van der Waals surface area (Å²) in [6, 6.07) is 21.2. The maximum absolute atomic E-state index is 13.6. The van der Waals surface area contributed by atoms with E-state index >= 15 is 0 Å². The second-order valence-corrected chi connectivity index (χ2v) is 7.79. The number of hydrogen-bond acceptors (Lipinski definition) is 6. The van der Waals surface area contributed by atoms with E-state index < -0.39 is 5.25 Å². The number of ketones is 1. The van der Waals surface area contributed by atoms with Crippen molar-refractivity contribution >= 4 is 28.4 Å². The van der Waals surface area contributed by atoms with Crippen LogP contribution in [0.4, 0.5) is 0 Å². The van der Waals surface area contributed by atoms with Crippen LogP contribution in [0.15, 0.2) is 88.8 Å². The number of rotatable bonds is 7. The number of nitrogens with one attached hydrogen (secondary N) is 1. The van der Waals surface area contributed by atoms with Gasteiger partial charge < -0.3 is 9.40 Å². The highest BCUT2D eigenvalue weighted by Gasteiger charge is 2.28. The third-order valence-electron chi connectivity index (χ3n) is 4.80. The van der Waals surface area contributed by atoms with E-state index in [1.54, 1.807) is 17.1 Å². The Morgan fingerprint density at radius 2 is 1.90 bits per heavy atom. The molecular weight excluding hydrogens is 398 g/mol. The average Bonchev–Trinajstić information content (AvgIpc) is 3.54. The van der Waals surface area contributed by atoms with Gasteiger partial charge in [0.05, 0.1) is 6.26 Å². The monoisotopic (exact) mass is 415 g/mol. The second kappa shape index (κ2) is 8.00. The molecule has 0 aliphatic carbocycles. The molecular formula is C22H17N5O2S. The van der Waals surface area contributed by atoms with Crippen LogP contribution in [0, 0.1) is 0 Å². The molecule has 0 unspecified atom stereocenters. The third-order valence-corrected chi connectivity index (χ3v) is 6.03. The minimum Gasteiger partial charge on any atom is -0.467 e. The van der Waals surface area contributed by atoms with Crippen LogP contribution in [0.5, 0.6) is 0 Å². The van der Waals surface area contributed by atoms with Gasteiger partial charge in [0, 0.05) is 22.7 Å². The van der Waals surface area contributed by atoms with Crippen molar-refractivity contribution in [2.75, 3.05) is 0 Å². The predicted molar refractivity (Wildman–Crippen MR) is 113 cm³/mol. The highest BCUT2D eigenvalue weighted by atomic mass is 32.2. The molecule has 1 atom stereocenters. The Labute approximate surface area is 176 Å². The lowest BCUT2D eigenvalue weighted by Crippen LogP contribution is -2.12. The summed E-state index contributed by atoms with van der Waals surface area (Å²) in [5, 5.41) is 13.0. The van der Waals surface area contributed by atoms with Gasteiger partial charge in [-0.3, -0.25) is 4.79 Å². The first-order valence-corrected chi connectivity index (χ1v) is 10.3. The van der Waals surface area contributed by atoms with E-state index in [1.165, 1.54) is 11.8 Å². The highest BCUT2D eigenvalue weighted by Crippen LogP contribution is 2.38. The Hall–Kier alpha value is -3.65. The Morgan fingerprint density at radius 1 is 1.07 bits per heavy atom. The van der Waals surface area contributed by atoms with Crippen LogP contribution in [0.1, 0.15) is 26.9 Å². The number of tetrazole rings is 1. The molecule has 5 rings (SSSR count). The number of furan rings is 1. The van der Waals surface area contributed by atoms with Crippen LogP contribution in [0.25, 0.3) is 10.9 Å². The number of hydrogen-bond donors (Lipinski definition) is 1. The summed E-state index contributed by atoms with van der Waals surface area (Å²) in [5.41, 5.74) is 2.47. The first-order chi connectivity index (χ1) is 14.8. The zero-order chi connectivity index (χ0) is 20.3. The van der Waals surface area contributed by atoms with Crippen molar-refractivity contribution in [2.24, 2.45) is 0 Å². The van der Waals surface area contributed by atoms with Crippen molar-refractivity contribution in [1.29, 1.82) is 0 Å². The van der Waals surface area contributed by atoms with Crippen molar-refractivity contribution in [3.8, 4) is 0 Å². The minimum atomic E-state index is -0.494. The molecule has 0 bridgehead atoms. The fourth-order valence-electron chi connectivity index (χ4n) is 3.35. The maximum atomic E-state index is 13.6. The van der Waals surface area contributed by atoms with Crippen molar-refractivity contribution in [3.63, 3.8) is 0 Å². The summed E-state index contributed by atoms with van der Waals surface area (Å²) in [4.78, 5) is 16.8. The molecule has 1 N–H and O–H groups in total. The van der Waals surface area contributed by atoms with Gasteiger partial charge in [-0.25, -0.2) is 4.68 Å². The van der Waals surface area contributed by atoms with Crippen LogP contribution >= 0.6 is 11.8 Å². The average molecular weight is 415 g/mol. The van der Waals surface area contributed by atoms with Gasteiger partial charge in [-0.05, 0) is 34.2 Å². The molecule has 3 heterocycles. The van der Waals surface area contributed by atoms with E-state index in [0.717, 1.165) is 22.2 Å². The number of para-hydroxylation sites is 1. The van der Waals surface area contributed by atoms with Gasteiger partial charge in [0.1, 0.15) is 17.6 Å². The molecule has 0 aliphatic rings. The Balaban J connectivity index is 1.51. The number of thioether (sulfide) groups is 1. The SMILES string of the molecule is O=C(c1c[nH]c2ccccc12)[C@@H](Sc1nnnn1Cc1ccco1)c1ccccc1. The third kappa shape index (κ3) is 3.53. The van der Waals surface area contributed by atoms with Crippen LogP contribution in [-0.4, -0.2) is 31.0 Å². The highest BCUT2D eigenvalue weighted by molar-refractivity contribution is 8.00. The fourth-order valence-corrected chi connectivity index (χ4v) is 4.40. The molecule has 0 spiro atoms. The molecule has 0 aliphatic heterocycles. The maximum Gasteiger partial charge on any atom is 0.210 e. The molecule has 0 amide bonds. The fraction of sp³-hybridized carbons (Fsp3) is 0.0909. The van der Waals surface area contributed by atoms with E-state index in [1.807, 2.05) is 66.7 Å². The molecule has 8 heteroatoms. The van der Waals surface area contributed by atoms with Crippen molar-refractivity contribution in [2.45, 2.75) is 17.0 Å². The summed E-state index contributed by atoms with van der Waals surface area (Å²) in [7, 11) is 0. The van der Waals surface area contributed by atoms with Gasteiger partial charge in [-0.2, -0.15) is 0 Å². The number of nitrogens with zero attached hydrogens (tertiary/aromatic N) is 4. The number of carbonyl (C=O) groups excluding carboxylic acids is 1. The molecule has 148 valence electrons. The number of H-pyrrole nitrogens is 1. The first-order valence-electron chi connectivity index (χ1n) is 9.40. The Morgan fingerprint density at radius 3 is 2.73 bits per heavy atom. The summed E-state index contributed by atoms with van der Waals surface area (Å²) in [6.45, 7) is 0.394. The molecule has 0 saturated carbocycles. The van der Waals surface area contributed by atoms with E-state index in [-0.39, 0.29) is 5.78 Å². The summed E-state index contributed by atoms with van der Waals surface area (Å²) >= 11 is 1.33. The van der Waals surface area contributed by atoms with Gasteiger partial charge in [-0.1, -0.05) is 60.3 Å². The number of carbonyl (C=O) groups is 1. The lowest BCUT2D eigenvalue weighted by Gasteiger charge is -2.15. The van der Waals surface area contributed by atoms with Crippen LogP contribution in [0.3, 0.4) is 0 Å². The zero-order valence-corrected chi connectivity index (χ0v) is 16.6.